The molecule has 6 nitrogen and oxygen atoms in total. The maximum Gasteiger partial charge on any atom is 0.251 e. The van der Waals surface area contributed by atoms with Gasteiger partial charge in [-0.3, -0.25) is 4.79 Å². The summed E-state index contributed by atoms with van der Waals surface area (Å²) in [6.45, 7) is 4.74. The zero-order chi connectivity index (χ0) is 17.0. The summed E-state index contributed by atoms with van der Waals surface area (Å²) < 4.78 is 30.2. The monoisotopic (exact) mass is 340 g/mol. The van der Waals surface area contributed by atoms with Crippen LogP contribution in [0.15, 0.2) is 24.3 Å². The van der Waals surface area contributed by atoms with E-state index in [-0.39, 0.29) is 18.1 Å². The minimum atomic E-state index is -3.21. The third-order valence-electron chi connectivity index (χ3n) is 3.68. The van der Waals surface area contributed by atoms with Gasteiger partial charge in [0.25, 0.3) is 5.91 Å². The van der Waals surface area contributed by atoms with E-state index in [0.29, 0.717) is 18.7 Å². The number of nitrogens with one attached hydrogen (secondary N) is 1. The average molecular weight is 340 g/mol. The molecule has 0 spiro atoms. The van der Waals surface area contributed by atoms with Crippen LogP contribution in [0.5, 0.6) is 5.75 Å². The van der Waals surface area contributed by atoms with Crippen molar-refractivity contribution in [3.05, 3.63) is 29.8 Å². The topological polar surface area (TPSA) is 75.7 Å². The predicted molar refractivity (Wildman–Crippen MR) is 89.1 cm³/mol. The van der Waals surface area contributed by atoms with Crippen LogP contribution in [0, 0.1) is 0 Å². The maximum atomic E-state index is 12.3. The van der Waals surface area contributed by atoms with Crippen LogP contribution in [0.2, 0.25) is 0 Å². The molecule has 1 N–H and O–H groups in total. The number of carbonyl (C=O) groups is 1. The van der Waals surface area contributed by atoms with Crippen LogP contribution in [-0.2, 0) is 10.0 Å². The number of amides is 1. The first-order valence-corrected chi connectivity index (χ1v) is 9.63. The molecule has 1 fully saturated rings. The quantitative estimate of drug-likeness (QED) is 0.884. The Kier molecular flexibility index (Phi) is 5.64. The number of hydrogen-bond donors (Lipinski definition) is 1. The summed E-state index contributed by atoms with van der Waals surface area (Å²) in [6.07, 6.45) is 2.81. The highest BCUT2D eigenvalue weighted by atomic mass is 32.2. The number of benzene rings is 1. The van der Waals surface area contributed by atoms with Crippen molar-refractivity contribution in [1.29, 1.82) is 0 Å². The highest BCUT2D eigenvalue weighted by molar-refractivity contribution is 7.88. The molecule has 1 unspecified atom stereocenters. The summed E-state index contributed by atoms with van der Waals surface area (Å²) >= 11 is 0. The van der Waals surface area contributed by atoms with E-state index in [2.05, 4.69) is 5.32 Å². The summed E-state index contributed by atoms with van der Waals surface area (Å²) in [6, 6.07) is 6.79. The number of nitrogens with zero attached hydrogens (tertiary/aromatic N) is 1. The summed E-state index contributed by atoms with van der Waals surface area (Å²) in [5, 5.41) is 2.91. The fourth-order valence-corrected chi connectivity index (χ4v) is 3.50. The Balaban J connectivity index is 1.96. The van der Waals surface area contributed by atoms with Gasteiger partial charge in [0.15, 0.2) is 0 Å². The molecule has 1 aromatic carbocycles. The molecule has 0 aromatic heterocycles. The van der Waals surface area contributed by atoms with Crippen LogP contribution in [-0.4, -0.2) is 50.1 Å². The lowest BCUT2D eigenvalue weighted by atomic mass is 10.1. The Morgan fingerprint density at radius 3 is 2.52 bits per heavy atom. The SMILES string of the molecule is CC(C)Oc1ccc(C(=O)NC2CCCN(S(C)(=O)=O)C2)cc1. The molecule has 1 aliphatic heterocycles. The van der Waals surface area contributed by atoms with Crippen molar-refractivity contribution >= 4 is 15.9 Å². The molecule has 1 aliphatic rings. The highest BCUT2D eigenvalue weighted by Crippen LogP contribution is 2.16. The molecule has 1 atom stereocenters. The van der Waals surface area contributed by atoms with E-state index in [4.69, 9.17) is 4.74 Å². The second kappa shape index (κ2) is 7.31. The van der Waals surface area contributed by atoms with Crippen LogP contribution in [0.1, 0.15) is 37.0 Å². The molecule has 7 heteroatoms. The van der Waals surface area contributed by atoms with Crippen molar-refractivity contribution in [3.8, 4) is 5.75 Å². The lowest BCUT2D eigenvalue weighted by molar-refractivity contribution is 0.0921. The number of ether oxygens (including phenoxy) is 1. The predicted octanol–water partition coefficient (Wildman–Crippen LogP) is 1.63. The molecule has 0 saturated carbocycles. The highest BCUT2D eigenvalue weighted by Gasteiger charge is 2.26. The largest absolute Gasteiger partial charge is 0.491 e. The van der Waals surface area contributed by atoms with Crippen molar-refractivity contribution in [2.45, 2.75) is 38.8 Å². The van der Waals surface area contributed by atoms with Gasteiger partial charge < -0.3 is 10.1 Å². The second-order valence-electron chi connectivity index (χ2n) is 6.12. The van der Waals surface area contributed by atoms with Crippen LogP contribution < -0.4 is 10.1 Å². The minimum absolute atomic E-state index is 0.0823. The van der Waals surface area contributed by atoms with Crippen molar-refractivity contribution in [2.75, 3.05) is 19.3 Å². The summed E-state index contributed by atoms with van der Waals surface area (Å²) in [4.78, 5) is 12.3. The number of sulfonamides is 1. The number of carbonyl (C=O) groups excluding carboxylic acids is 1. The van der Waals surface area contributed by atoms with Crippen molar-refractivity contribution in [2.24, 2.45) is 0 Å². The number of piperidine rings is 1. The fourth-order valence-electron chi connectivity index (χ4n) is 2.59. The molecule has 0 bridgehead atoms. The molecule has 128 valence electrons. The Bertz CT molecular complexity index is 641. The molecule has 0 aliphatic carbocycles. The zero-order valence-electron chi connectivity index (χ0n) is 13.8. The van der Waals surface area contributed by atoms with E-state index in [1.807, 2.05) is 13.8 Å². The van der Waals surface area contributed by atoms with Crippen LogP contribution in [0.3, 0.4) is 0 Å². The Morgan fingerprint density at radius 1 is 1.30 bits per heavy atom. The normalized spacial score (nSPS) is 19.6. The Hall–Kier alpha value is -1.60. The zero-order valence-corrected chi connectivity index (χ0v) is 14.6. The van der Waals surface area contributed by atoms with Crippen molar-refractivity contribution in [1.82, 2.24) is 9.62 Å². The minimum Gasteiger partial charge on any atom is -0.491 e. The first kappa shape index (κ1) is 17.7. The molecule has 2 rings (SSSR count). The summed E-state index contributed by atoms with van der Waals surface area (Å²) in [5.41, 5.74) is 0.539. The smallest absolute Gasteiger partial charge is 0.251 e. The summed E-state index contributed by atoms with van der Waals surface area (Å²) in [7, 11) is -3.21. The standard InChI is InChI=1S/C16H24N2O4S/c1-12(2)22-15-8-6-13(7-9-15)16(19)17-14-5-4-10-18(11-14)23(3,20)21/h6-9,12,14H,4-5,10-11H2,1-3H3,(H,17,19). The van der Waals surface area contributed by atoms with Gasteiger partial charge in [0, 0.05) is 24.7 Å². The van der Waals surface area contributed by atoms with Gasteiger partial charge in [-0.15, -0.1) is 0 Å². The van der Waals surface area contributed by atoms with Crippen LogP contribution in [0.25, 0.3) is 0 Å². The molecular weight excluding hydrogens is 316 g/mol. The van der Waals surface area contributed by atoms with Gasteiger partial charge in [0.2, 0.25) is 10.0 Å². The van der Waals surface area contributed by atoms with Gasteiger partial charge in [-0.25, -0.2) is 12.7 Å². The van der Waals surface area contributed by atoms with Crippen LogP contribution in [0.4, 0.5) is 0 Å². The molecule has 23 heavy (non-hydrogen) atoms. The first-order chi connectivity index (χ1) is 10.8. The van der Waals surface area contributed by atoms with Gasteiger partial charge in [0.1, 0.15) is 5.75 Å². The van der Waals surface area contributed by atoms with Crippen molar-refractivity contribution in [3.63, 3.8) is 0 Å². The van der Waals surface area contributed by atoms with Gasteiger partial charge in [-0.1, -0.05) is 0 Å². The van der Waals surface area contributed by atoms with E-state index >= 15 is 0 Å². The van der Waals surface area contributed by atoms with E-state index < -0.39 is 10.0 Å². The fraction of sp³-hybridized carbons (Fsp3) is 0.562. The lowest BCUT2D eigenvalue weighted by Crippen LogP contribution is -2.49. The molecule has 1 amide bonds. The average Bonchev–Trinajstić information content (AvgIpc) is 2.46. The van der Waals surface area contributed by atoms with E-state index in [1.54, 1.807) is 24.3 Å². The number of hydrogen-bond acceptors (Lipinski definition) is 4. The van der Waals surface area contributed by atoms with Gasteiger partial charge >= 0.3 is 0 Å². The Morgan fingerprint density at radius 2 is 1.96 bits per heavy atom. The second-order valence-corrected chi connectivity index (χ2v) is 8.11. The number of rotatable bonds is 5. The van der Waals surface area contributed by atoms with Crippen LogP contribution >= 0.6 is 0 Å². The molecule has 0 radical (unpaired) electrons. The lowest BCUT2D eigenvalue weighted by Gasteiger charge is -2.31. The van der Waals surface area contributed by atoms with Crippen molar-refractivity contribution < 1.29 is 17.9 Å². The van der Waals surface area contributed by atoms with E-state index in [9.17, 15) is 13.2 Å². The molecule has 1 saturated heterocycles. The van der Waals surface area contributed by atoms with Gasteiger partial charge in [-0.05, 0) is 51.0 Å². The third kappa shape index (κ3) is 5.21. The van der Waals surface area contributed by atoms with E-state index in [0.717, 1.165) is 18.6 Å². The molecule has 1 aromatic rings. The van der Waals surface area contributed by atoms with Gasteiger partial charge in [0.05, 0.1) is 12.4 Å². The first-order valence-electron chi connectivity index (χ1n) is 7.78. The van der Waals surface area contributed by atoms with Gasteiger partial charge in [-0.2, -0.15) is 0 Å². The third-order valence-corrected chi connectivity index (χ3v) is 4.95. The molecular formula is C16H24N2O4S. The molecule has 1 heterocycles. The van der Waals surface area contributed by atoms with E-state index in [1.165, 1.54) is 10.6 Å². The Labute approximate surface area is 137 Å². The summed E-state index contributed by atoms with van der Waals surface area (Å²) in [5.74, 6) is 0.527. The maximum absolute atomic E-state index is 12.3.